The molecule has 1 aliphatic rings. The van der Waals surface area contributed by atoms with Crippen molar-refractivity contribution >= 4 is 15.9 Å². The number of amides is 1. The van der Waals surface area contributed by atoms with Crippen LogP contribution in [-0.2, 0) is 14.8 Å². The maximum Gasteiger partial charge on any atom is 0.237 e. The summed E-state index contributed by atoms with van der Waals surface area (Å²) in [4.78, 5) is 11.4. The van der Waals surface area contributed by atoms with Gasteiger partial charge in [0.25, 0.3) is 0 Å². The number of rotatable bonds is 5. The fraction of sp³-hybridized carbons (Fsp3) is 0.875. The van der Waals surface area contributed by atoms with Gasteiger partial charge >= 0.3 is 0 Å². The van der Waals surface area contributed by atoms with Gasteiger partial charge in [0.15, 0.2) is 0 Å². The molecule has 0 radical (unpaired) electrons. The number of carbonyl (C=O) groups excluding carboxylic acids is 1. The number of nitrogens with one attached hydrogen (secondary N) is 1. The molecular formula is C8H16N2O3S. The van der Waals surface area contributed by atoms with E-state index in [4.69, 9.17) is 5.73 Å². The Kier molecular flexibility index (Phi) is 3.49. The van der Waals surface area contributed by atoms with Crippen molar-refractivity contribution < 1.29 is 13.2 Å². The fourth-order valence-electron chi connectivity index (χ4n) is 1.14. The number of nitrogens with two attached hydrogens (primary N) is 1. The molecule has 5 nitrogen and oxygen atoms in total. The van der Waals surface area contributed by atoms with E-state index in [2.05, 4.69) is 4.72 Å². The van der Waals surface area contributed by atoms with Crippen LogP contribution in [0.4, 0.5) is 0 Å². The summed E-state index contributed by atoms with van der Waals surface area (Å²) >= 11 is 0. The molecule has 6 heteroatoms. The van der Waals surface area contributed by atoms with Crippen LogP contribution in [0.1, 0.15) is 26.2 Å². The molecule has 1 rings (SSSR count). The van der Waals surface area contributed by atoms with Crippen LogP contribution in [0.25, 0.3) is 0 Å². The Bertz CT molecular complexity index is 305. The predicted octanol–water partition coefficient (Wildman–Crippen LogP) is -0.420. The minimum absolute atomic E-state index is 0.183. The van der Waals surface area contributed by atoms with E-state index in [0.29, 0.717) is 19.3 Å². The van der Waals surface area contributed by atoms with Crippen LogP contribution in [0, 0.1) is 5.92 Å². The van der Waals surface area contributed by atoms with Gasteiger partial charge in [0.2, 0.25) is 15.9 Å². The smallest absolute Gasteiger partial charge is 0.237 e. The topological polar surface area (TPSA) is 89.3 Å². The van der Waals surface area contributed by atoms with E-state index in [1.807, 2.05) is 0 Å². The summed E-state index contributed by atoms with van der Waals surface area (Å²) in [7, 11) is -3.41. The first-order valence-corrected chi connectivity index (χ1v) is 6.31. The Balaban J connectivity index is 2.55. The van der Waals surface area contributed by atoms with Crippen molar-refractivity contribution in [3.63, 3.8) is 0 Å². The average Bonchev–Trinajstić information content (AvgIpc) is 2.87. The normalized spacial score (nSPS) is 19.0. The third-order valence-electron chi connectivity index (χ3n) is 2.35. The van der Waals surface area contributed by atoms with E-state index in [9.17, 15) is 13.2 Å². The van der Waals surface area contributed by atoms with Crippen LogP contribution < -0.4 is 10.5 Å². The highest BCUT2D eigenvalue weighted by molar-refractivity contribution is 7.90. The SMILES string of the molecule is CCC(CN)C(=O)NS(=O)(=O)C1CC1. The lowest BCUT2D eigenvalue weighted by Gasteiger charge is -2.12. The Morgan fingerprint density at radius 1 is 1.57 bits per heavy atom. The first kappa shape index (κ1) is 11.5. The first-order valence-electron chi connectivity index (χ1n) is 4.76. The molecule has 1 saturated carbocycles. The lowest BCUT2D eigenvalue weighted by molar-refractivity contribution is -0.122. The predicted molar refractivity (Wildman–Crippen MR) is 52.9 cm³/mol. The van der Waals surface area contributed by atoms with E-state index in [1.165, 1.54) is 0 Å². The number of carbonyl (C=O) groups is 1. The van der Waals surface area contributed by atoms with Crippen molar-refractivity contribution in [2.24, 2.45) is 11.7 Å². The average molecular weight is 220 g/mol. The van der Waals surface area contributed by atoms with Gasteiger partial charge in [-0.3, -0.25) is 9.52 Å². The van der Waals surface area contributed by atoms with Gasteiger partial charge < -0.3 is 5.73 Å². The number of hydrogen-bond acceptors (Lipinski definition) is 4. The quantitative estimate of drug-likeness (QED) is 0.658. The molecule has 0 spiro atoms. The monoisotopic (exact) mass is 220 g/mol. The molecule has 0 bridgehead atoms. The summed E-state index contributed by atoms with van der Waals surface area (Å²) in [6.45, 7) is 1.99. The van der Waals surface area contributed by atoms with Crippen molar-refractivity contribution in [2.45, 2.75) is 31.4 Å². The van der Waals surface area contributed by atoms with Crippen molar-refractivity contribution in [3.05, 3.63) is 0 Å². The lowest BCUT2D eigenvalue weighted by atomic mass is 10.1. The summed E-state index contributed by atoms with van der Waals surface area (Å²) in [5, 5.41) is -0.360. The van der Waals surface area contributed by atoms with Gasteiger partial charge in [-0.1, -0.05) is 6.92 Å². The van der Waals surface area contributed by atoms with Gasteiger partial charge in [0, 0.05) is 6.54 Å². The van der Waals surface area contributed by atoms with Gasteiger partial charge in [0.1, 0.15) is 0 Å². The van der Waals surface area contributed by atoms with Gasteiger partial charge in [0.05, 0.1) is 11.2 Å². The summed E-state index contributed by atoms with van der Waals surface area (Å²) in [5.74, 6) is -0.870. The molecule has 1 unspecified atom stereocenters. The van der Waals surface area contributed by atoms with Crippen molar-refractivity contribution in [1.29, 1.82) is 0 Å². The molecule has 14 heavy (non-hydrogen) atoms. The molecule has 0 aromatic carbocycles. The Labute approximate surface area is 84.1 Å². The third-order valence-corrected chi connectivity index (χ3v) is 4.19. The van der Waals surface area contributed by atoms with Crippen LogP contribution in [0.5, 0.6) is 0 Å². The second-order valence-electron chi connectivity index (χ2n) is 3.55. The molecule has 1 atom stereocenters. The molecule has 0 aromatic rings. The molecular weight excluding hydrogens is 204 g/mol. The number of hydrogen-bond donors (Lipinski definition) is 2. The Morgan fingerprint density at radius 2 is 2.14 bits per heavy atom. The Hall–Kier alpha value is -0.620. The molecule has 0 saturated heterocycles. The van der Waals surface area contributed by atoms with E-state index < -0.39 is 21.8 Å². The minimum Gasteiger partial charge on any atom is -0.330 e. The minimum atomic E-state index is -3.41. The second kappa shape index (κ2) is 4.27. The van der Waals surface area contributed by atoms with Crippen molar-refractivity contribution in [2.75, 3.05) is 6.54 Å². The molecule has 1 amide bonds. The molecule has 3 N–H and O–H groups in total. The standard InChI is InChI=1S/C8H16N2O3S/c1-2-6(5-9)8(11)10-14(12,13)7-3-4-7/h6-7H,2-5,9H2,1H3,(H,10,11). The van der Waals surface area contributed by atoms with E-state index in [0.717, 1.165) is 0 Å². The van der Waals surface area contributed by atoms with Gasteiger partial charge in [-0.2, -0.15) is 0 Å². The summed E-state index contributed by atoms with van der Waals surface area (Å²) < 4.78 is 24.8. The van der Waals surface area contributed by atoms with Crippen LogP contribution in [-0.4, -0.2) is 26.1 Å². The van der Waals surface area contributed by atoms with Crippen molar-refractivity contribution in [3.8, 4) is 0 Å². The van der Waals surface area contributed by atoms with E-state index >= 15 is 0 Å². The van der Waals surface area contributed by atoms with Gasteiger partial charge in [-0.25, -0.2) is 8.42 Å². The molecule has 82 valence electrons. The molecule has 1 aliphatic carbocycles. The molecule has 0 aromatic heterocycles. The Morgan fingerprint density at radius 3 is 2.50 bits per heavy atom. The second-order valence-corrected chi connectivity index (χ2v) is 5.51. The maximum atomic E-state index is 11.4. The van der Waals surface area contributed by atoms with Crippen LogP contribution in [0.15, 0.2) is 0 Å². The highest BCUT2D eigenvalue weighted by atomic mass is 32.2. The zero-order chi connectivity index (χ0) is 10.8. The summed E-state index contributed by atoms with van der Waals surface area (Å²) in [6, 6.07) is 0. The summed E-state index contributed by atoms with van der Waals surface area (Å²) in [6.07, 6.45) is 1.87. The first-order chi connectivity index (χ1) is 6.51. The third kappa shape index (κ3) is 2.68. The number of sulfonamides is 1. The van der Waals surface area contributed by atoms with Crippen LogP contribution in [0.2, 0.25) is 0 Å². The van der Waals surface area contributed by atoms with E-state index in [1.54, 1.807) is 6.92 Å². The fourth-order valence-corrected chi connectivity index (χ4v) is 2.51. The highest BCUT2D eigenvalue weighted by Crippen LogP contribution is 2.27. The van der Waals surface area contributed by atoms with Crippen LogP contribution >= 0.6 is 0 Å². The van der Waals surface area contributed by atoms with Gasteiger partial charge in [-0.05, 0) is 19.3 Å². The van der Waals surface area contributed by atoms with E-state index in [-0.39, 0.29) is 11.8 Å². The van der Waals surface area contributed by atoms with Crippen LogP contribution in [0.3, 0.4) is 0 Å². The lowest BCUT2D eigenvalue weighted by Crippen LogP contribution is -2.39. The van der Waals surface area contributed by atoms with Gasteiger partial charge in [-0.15, -0.1) is 0 Å². The zero-order valence-corrected chi connectivity index (χ0v) is 9.01. The summed E-state index contributed by atoms with van der Waals surface area (Å²) in [5.41, 5.74) is 5.34. The van der Waals surface area contributed by atoms with Crippen molar-refractivity contribution in [1.82, 2.24) is 4.72 Å². The molecule has 1 fully saturated rings. The molecule has 0 heterocycles. The zero-order valence-electron chi connectivity index (χ0n) is 8.19. The highest BCUT2D eigenvalue weighted by Gasteiger charge is 2.37. The molecule has 0 aliphatic heterocycles. The largest absolute Gasteiger partial charge is 0.330 e. The maximum absolute atomic E-state index is 11.4.